The van der Waals surface area contributed by atoms with E-state index < -0.39 is 23.0 Å². The molecule has 3 aromatic carbocycles. The van der Waals surface area contributed by atoms with Crippen LogP contribution < -0.4 is 0 Å². The van der Waals surface area contributed by atoms with Crippen LogP contribution in [0.25, 0.3) is 22.3 Å². The number of rotatable bonds is 4. The van der Waals surface area contributed by atoms with Gasteiger partial charge in [-0.05, 0) is 46.9 Å². The third-order valence-electron chi connectivity index (χ3n) is 4.26. The first kappa shape index (κ1) is 17.8. The molecular formula is C22H16F3N. The van der Waals surface area contributed by atoms with Crippen LogP contribution in [-0.2, 0) is 6.42 Å². The molecule has 1 nitrogen and oxygen atoms in total. The van der Waals surface area contributed by atoms with Crippen molar-refractivity contribution in [2.75, 3.05) is 0 Å². The highest BCUT2D eigenvalue weighted by Crippen LogP contribution is 2.30. The Morgan fingerprint density at radius 2 is 1.35 bits per heavy atom. The van der Waals surface area contributed by atoms with Crippen LogP contribution in [0.3, 0.4) is 0 Å². The van der Waals surface area contributed by atoms with Crippen molar-refractivity contribution in [2.45, 2.75) is 19.8 Å². The van der Waals surface area contributed by atoms with E-state index in [2.05, 4.69) is 6.92 Å². The zero-order chi connectivity index (χ0) is 18.7. The van der Waals surface area contributed by atoms with E-state index in [4.69, 9.17) is 5.26 Å². The van der Waals surface area contributed by atoms with Gasteiger partial charge in [-0.25, -0.2) is 13.2 Å². The second-order valence-corrected chi connectivity index (χ2v) is 6.07. The summed E-state index contributed by atoms with van der Waals surface area (Å²) in [6.07, 6.45) is 2.05. The molecule has 0 aliphatic rings. The van der Waals surface area contributed by atoms with E-state index in [9.17, 15) is 13.2 Å². The lowest BCUT2D eigenvalue weighted by Gasteiger charge is -2.09. The van der Waals surface area contributed by atoms with Crippen molar-refractivity contribution in [1.82, 2.24) is 0 Å². The van der Waals surface area contributed by atoms with Gasteiger partial charge in [-0.15, -0.1) is 0 Å². The van der Waals surface area contributed by atoms with Gasteiger partial charge in [0.1, 0.15) is 29.1 Å². The van der Waals surface area contributed by atoms with Crippen LogP contribution in [0.4, 0.5) is 13.2 Å². The lowest BCUT2D eigenvalue weighted by Crippen LogP contribution is -1.94. The van der Waals surface area contributed by atoms with Gasteiger partial charge in [0.25, 0.3) is 0 Å². The van der Waals surface area contributed by atoms with Crippen molar-refractivity contribution in [3.05, 3.63) is 83.2 Å². The maximum atomic E-state index is 14.6. The molecule has 26 heavy (non-hydrogen) atoms. The molecule has 0 saturated heterocycles. The van der Waals surface area contributed by atoms with Gasteiger partial charge in [0.05, 0.1) is 0 Å². The predicted molar refractivity (Wildman–Crippen MR) is 95.9 cm³/mol. The molecule has 0 spiro atoms. The zero-order valence-electron chi connectivity index (χ0n) is 14.2. The maximum Gasteiger partial charge on any atom is 0.144 e. The summed E-state index contributed by atoms with van der Waals surface area (Å²) in [5.41, 5.74) is 2.24. The quantitative estimate of drug-likeness (QED) is 0.544. The van der Waals surface area contributed by atoms with Crippen LogP contribution in [0.15, 0.2) is 54.6 Å². The third-order valence-corrected chi connectivity index (χ3v) is 4.26. The van der Waals surface area contributed by atoms with Crippen LogP contribution >= 0.6 is 0 Å². The monoisotopic (exact) mass is 351 g/mol. The Morgan fingerprint density at radius 1 is 0.769 bits per heavy atom. The summed E-state index contributed by atoms with van der Waals surface area (Å²) in [5, 5.41) is 8.73. The molecule has 0 radical (unpaired) electrons. The molecule has 0 saturated carbocycles. The van der Waals surface area contributed by atoms with E-state index in [0.717, 1.165) is 30.5 Å². The summed E-state index contributed by atoms with van der Waals surface area (Å²) in [7, 11) is 0. The topological polar surface area (TPSA) is 23.8 Å². The van der Waals surface area contributed by atoms with Crippen molar-refractivity contribution in [1.29, 1.82) is 5.26 Å². The number of aryl methyl sites for hydroxylation is 1. The Labute approximate surface area is 150 Å². The van der Waals surface area contributed by atoms with Gasteiger partial charge in [0.2, 0.25) is 0 Å². The van der Waals surface area contributed by atoms with Crippen LogP contribution in [0.2, 0.25) is 0 Å². The molecule has 0 aliphatic heterocycles. The molecule has 3 rings (SSSR count). The average molecular weight is 351 g/mol. The largest absolute Gasteiger partial charge is 0.206 e. The standard InChI is InChI=1S/C22H16F3N/c1-2-3-14-4-6-15(7-5-14)16-8-9-18(20(23)10-16)17-11-21(24)19(13-26)22(25)12-17/h4-12H,2-3H2,1H3. The predicted octanol–water partition coefficient (Wildman–Crippen LogP) is 6.26. The van der Waals surface area contributed by atoms with Crippen molar-refractivity contribution in [3.8, 4) is 28.3 Å². The van der Waals surface area contributed by atoms with Crippen molar-refractivity contribution in [3.63, 3.8) is 0 Å². The molecule has 0 aliphatic carbocycles. The Morgan fingerprint density at radius 3 is 1.88 bits per heavy atom. The number of nitriles is 1. The molecule has 0 heterocycles. The van der Waals surface area contributed by atoms with Crippen LogP contribution in [0.1, 0.15) is 24.5 Å². The fraction of sp³-hybridized carbons (Fsp3) is 0.136. The number of hydrogen-bond donors (Lipinski definition) is 0. The average Bonchev–Trinajstić information content (AvgIpc) is 2.62. The number of halogens is 3. The second-order valence-electron chi connectivity index (χ2n) is 6.07. The molecule has 4 heteroatoms. The molecule has 130 valence electrons. The van der Waals surface area contributed by atoms with Gasteiger partial charge < -0.3 is 0 Å². The minimum Gasteiger partial charge on any atom is -0.206 e. The van der Waals surface area contributed by atoms with E-state index in [0.29, 0.717) is 5.56 Å². The molecule has 3 aromatic rings. The molecule has 0 bridgehead atoms. The van der Waals surface area contributed by atoms with E-state index in [1.807, 2.05) is 24.3 Å². The Balaban J connectivity index is 1.97. The molecule has 0 unspecified atom stereocenters. The van der Waals surface area contributed by atoms with Crippen molar-refractivity contribution < 1.29 is 13.2 Å². The van der Waals surface area contributed by atoms with Gasteiger partial charge >= 0.3 is 0 Å². The highest BCUT2D eigenvalue weighted by atomic mass is 19.1. The van der Waals surface area contributed by atoms with E-state index in [-0.39, 0.29) is 11.1 Å². The lowest BCUT2D eigenvalue weighted by molar-refractivity contribution is 0.577. The smallest absolute Gasteiger partial charge is 0.144 e. The fourth-order valence-corrected chi connectivity index (χ4v) is 2.92. The minimum atomic E-state index is -1.00. The summed E-state index contributed by atoms with van der Waals surface area (Å²) < 4.78 is 42.1. The summed E-state index contributed by atoms with van der Waals surface area (Å²) in [6.45, 7) is 2.11. The number of benzene rings is 3. The molecule has 0 atom stereocenters. The first-order valence-corrected chi connectivity index (χ1v) is 8.32. The van der Waals surface area contributed by atoms with Gasteiger partial charge in [0.15, 0.2) is 0 Å². The molecule has 0 amide bonds. The van der Waals surface area contributed by atoms with E-state index in [1.165, 1.54) is 23.8 Å². The Kier molecular flexibility index (Phi) is 5.09. The van der Waals surface area contributed by atoms with Crippen LogP contribution in [0, 0.1) is 28.8 Å². The first-order chi connectivity index (χ1) is 12.5. The SMILES string of the molecule is CCCc1ccc(-c2ccc(-c3cc(F)c(C#N)c(F)c3)c(F)c2)cc1. The van der Waals surface area contributed by atoms with E-state index in [1.54, 1.807) is 6.07 Å². The molecule has 0 aromatic heterocycles. The Hall–Kier alpha value is -3.06. The molecule has 0 fully saturated rings. The van der Waals surface area contributed by atoms with E-state index >= 15 is 0 Å². The van der Waals surface area contributed by atoms with Gasteiger partial charge in [-0.3, -0.25) is 0 Å². The van der Waals surface area contributed by atoms with Gasteiger partial charge in [-0.1, -0.05) is 49.7 Å². The maximum absolute atomic E-state index is 14.6. The van der Waals surface area contributed by atoms with Crippen LogP contribution in [-0.4, -0.2) is 0 Å². The number of hydrogen-bond acceptors (Lipinski definition) is 1. The Bertz CT molecular complexity index is 962. The summed E-state index contributed by atoms with van der Waals surface area (Å²) in [4.78, 5) is 0. The van der Waals surface area contributed by atoms with Crippen molar-refractivity contribution in [2.24, 2.45) is 0 Å². The van der Waals surface area contributed by atoms with Crippen molar-refractivity contribution >= 4 is 0 Å². The summed E-state index contributed by atoms with van der Waals surface area (Å²) >= 11 is 0. The van der Waals surface area contributed by atoms with Crippen LogP contribution in [0.5, 0.6) is 0 Å². The minimum absolute atomic E-state index is 0.0568. The first-order valence-electron chi connectivity index (χ1n) is 8.32. The summed E-state index contributed by atoms with van der Waals surface area (Å²) in [5.74, 6) is -2.58. The van der Waals surface area contributed by atoms with Gasteiger partial charge in [0, 0.05) is 5.56 Å². The lowest BCUT2D eigenvalue weighted by atomic mass is 9.97. The third kappa shape index (κ3) is 3.48. The summed E-state index contributed by atoms with van der Waals surface area (Å²) in [6, 6.07) is 15.8. The molecular weight excluding hydrogens is 335 g/mol. The molecule has 0 N–H and O–H groups in total. The fourth-order valence-electron chi connectivity index (χ4n) is 2.92. The highest BCUT2D eigenvalue weighted by molar-refractivity contribution is 5.71. The highest BCUT2D eigenvalue weighted by Gasteiger charge is 2.14. The zero-order valence-corrected chi connectivity index (χ0v) is 14.2. The second kappa shape index (κ2) is 7.45. The number of nitrogens with zero attached hydrogens (tertiary/aromatic N) is 1. The van der Waals surface area contributed by atoms with Gasteiger partial charge in [-0.2, -0.15) is 5.26 Å². The normalized spacial score (nSPS) is 10.6.